The first-order valence-corrected chi connectivity index (χ1v) is 8.26. The van der Waals surface area contributed by atoms with Crippen molar-refractivity contribution in [2.45, 2.75) is 6.42 Å². The van der Waals surface area contributed by atoms with Gasteiger partial charge >= 0.3 is 0 Å². The second-order valence-electron chi connectivity index (χ2n) is 6.07. The molecule has 1 amide bonds. The molecule has 3 aromatic rings. The molecule has 0 aliphatic carbocycles. The van der Waals surface area contributed by atoms with Crippen LogP contribution in [-0.2, 0) is 11.2 Å². The molecule has 1 aliphatic rings. The van der Waals surface area contributed by atoms with Crippen LogP contribution in [0.1, 0.15) is 5.56 Å². The van der Waals surface area contributed by atoms with E-state index in [0.29, 0.717) is 48.6 Å². The number of carbonyl (C=O) groups is 1. The number of aromatic amines is 1. The number of H-pyrrole nitrogens is 1. The molecule has 25 heavy (non-hydrogen) atoms. The summed E-state index contributed by atoms with van der Waals surface area (Å²) in [5.41, 5.74) is 1.42. The fraction of sp³-hybridized carbons (Fsp3) is 0.278. The number of hydrogen-bond acceptors (Lipinski definition) is 4. The van der Waals surface area contributed by atoms with Crippen LogP contribution in [0, 0.1) is 5.82 Å². The van der Waals surface area contributed by atoms with E-state index in [9.17, 15) is 9.18 Å². The Kier molecular flexibility index (Phi) is 4.05. The Labute approximate surface area is 144 Å². The zero-order valence-electron chi connectivity index (χ0n) is 13.7. The fourth-order valence-corrected chi connectivity index (χ4v) is 3.23. The predicted octanol–water partition coefficient (Wildman–Crippen LogP) is 1.99. The van der Waals surface area contributed by atoms with Crippen molar-refractivity contribution in [1.29, 1.82) is 0 Å². The van der Waals surface area contributed by atoms with Gasteiger partial charge in [-0.15, -0.1) is 0 Å². The highest BCUT2D eigenvalue weighted by Gasteiger charge is 2.23. The molecule has 1 aromatic carbocycles. The lowest BCUT2D eigenvalue weighted by Gasteiger charge is -2.34. The molecule has 6 nitrogen and oxygen atoms in total. The summed E-state index contributed by atoms with van der Waals surface area (Å²) in [7, 11) is 0. The Balaban J connectivity index is 1.42. The molecule has 128 valence electrons. The van der Waals surface area contributed by atoms with Crippen molar-refractivity contribution in [2.24, 2.45) is 0 Å². The van der Waals surface area contributed by atoms with Crippen LogP contribution in [0.5, 0.6) is 0 Å². The van der Waals surface area contributed by atoms with Gasteiger partial charge in [-0.05, 0) is 23.8 Å². The predicted molar refractivity (Wildman–Crippen MR) is 92.8 cm³/mol. The monoisotopic (exact) mass is 339 g/mol. The fourth-order valence-electron chi connectivity index (χ4n) is 3.23. The third kappa shape index (κ3) is 3.05. The minimum absolute atomic E-state index is 0.0118. The first kappa shape index (κ1) is 15.6. The lowest BCUT2D eigenvalue weighted by molar-refractivity contribution is -0.130. The number of rotatable bonds is 3. The zero-order valence-corrected chi connectivity index (χ0v) is 13.7. The number of halogens is 1. The Morgan fingerprint density at radius 1 is 1.12 bits per heavy atom. The Bertz CT molecular complexity index is 887. The number of anilines is 1. The maximum absolute atomic E-state index is 14.0. The molecular formula is C18H18FN5O. The van der Waals surface area contributed by atoms with Crippen LogP contribution in [0.2, 0.25) is 0 Å². The van der Waals surface area contributed by atoms with E-state index >= 15 is 0 Å². The smallest absolute Gasteiger partial charge is 0.227 e. The number of piperazine rings is 1. The molecule has 2 aromatic heterocycles. The third-order valence-electron chi connectivity index (χ3n) is 4.55. The summed E-state index contributed by atoms with van der Waals surface area (Å²) in [6, 6.07) is 6.67. The lowest BCUT2D eigenvalue weighted by Crippen LogP contribution is -2.49. The summed E-state index contributed by atoms with van der Waals surface area (Å²) in [6.07, 6.45) is 5.35. The van der Waals surface area contributed by atoms with E-state index in [1.165, 1.54) is 6.07 Å². The average Bonchev–Trinajstić information content (AvgIpc) is 3.07. The topological polar surface area (TPSA) is 65.1 Å². The molecule has 3 heterocycles. The maximum atomic E-state index is 14.0. The highest BCUT2D eigenvalue weighted by molar-refractivity contribution is 5.89. The van der Waals surface area contributed by atoms with Crippen molar-refractivity contribution in [3.8, 4) is 0 Å². The van der Waals surface area contributed by atoms with Crippen LogP contribution >= 0.6 is 0 Å². The molecule has 0 bridgehead atoms. The number of hydrogen-bond donors (Lipinski definition) is 1. The Hall–Kier alpha value is -2.96. The molecule has 0 radical (unpaired) electrons. The number of benzene rings is 1. The van der Waals surface area contributed by atoms with Crippen molar-refractivity contribution >= 4 is 22.8 Å². The number of fused-ring (bicyclic) bond motifs is 1. The summed E-state index contributed by atoms with van der Waals surface area (Å²) in [5, 5.41) is 0.507. The van der Waals surface area contributed by atoms with Gasteiger partial charge in [0.2, 0.25) is 11.9 Å². The molecule has 0 atom stereocenters. The number of amides is 1. The standard InChI is InChI=1S/C18H18FN5O/c19-14-3-1-4-15-17(14)13(12-22-15)11-16(25)23-7-9-24(10-8-23)18-20-5-2-6-21-18/h1-6,12,22H,7-11H2. The molecule has 7 heteroatoms. The summed E-state index contributed by atoms with van der Waals surface area (Å²) in [4.78, 5) is 28.0. The van der Waals surface area contributed by atoms with Crippen LogP contribution in [-0.4, -0.2) is 51.9 Å². The van der Waals surface area contributed by atoms with Crippen LogP contribution in [0.4, 0.5) is 10.3 Å². The molecule has 1 saturated heterocycles. The second-order valence-corrected chi connectivity index (χ2v) is 6.07. The van der Waals surface area contributed by atoms with E-state index in [2.05, 4.69) is 19.9 Å². The van der Waals surface area contributed by atoms with Gasteiger partial charge in [0, 0.05) is 55.7 Å². The quantitative estimate of drug-likeness (QED) is 0.793. The van der Waals surface area contributed by atoms with Crippen molar-refractivity contribution < 1.29 is 9.18 Å². The van der Waals surface area contributed by atoms with E-state index in [4.69, 9.17) is 0 Å². The minimum atomic E-state index is -0.299. The van der Waals surface area contributed by atoms with Crippen LogP contribution in [0.3, 0.4) is 0 Å². The van der Waals surface area contributed by atoms with E-state index < -0.39 is 0 Å². The van der Waals surface area contributed by atoms with E-state index in [1.807, 2.05) is 11.0 Å². The second kappa shape index (κ2) is 6.51. The Morgan fingerprint density at radius 3 is 2.64 bits per heavy atom. The van der Waals surface area contributed by atoms with Gasteiger partial charge in [-0.3, -0.25) is 4.79 Å². The van der Waals surface area contributed by atoms with Crippen LogP contribution in [0.15, 0.2) is 42.9 Å². The van der Waals surface area contributed by atoms with Crippen molar-refractivity contribution in [1.82, 2.24) is 19.9 Å². The number of aromatic nitrogens is 3. The minimum Gasteiger partial charge on any atom is -0.361 e. The first-order valence-electron chi connectivity index (χ1n) is 8.26. The van der Waals surface area contributed by atoms with Gasteiger partial charge in [0.15, 0.2) is 0 Å². The van der Waals surface area contributed by atoms with Crippen molar-refractivity contribution in [3.05, 3.63) is 54.2 Å². The number of nitrogens with zero attached hydrogens (tertiary/aromatic N) is 4. The summed E-state index contributed by atoms with van der Waals surface area (Å²) in [6.45, 7) is 2.61. The van der Waals surface area contributed by atoms with E-state index in [0.717, 1.165) is 0 Å². The summed E-state index contributed by atoms with van der Waals surface area (Å²) >= 11 is 0. The first-order chi connectivity index (χ1) is 12.2. The molecule has 0 spiro atoms. The molecule has 1 aliphatic heterocycles. The van der Waals surface area contributed by atoms with Crippen LogP contribution in [0.25, 0.3) is 10.9 Å². The SMILES string of the molecule is O=C(Cc1c[nH]c2cccc(F)c12)N1CCN(c2ncccn2)CC1. The third-order valence-corrected chi connectivity index (χ3v) is 4.55. The summed E-state index contributed by atoms with van der Waals surface area (Å²) in [5.74, 6) is 0.402. The zero-order chi connectivity index (χ0) is 17.2. The molecular weight excluding hydrogens is 321 g/mol. The number of carbonyl (C=O) groups excluding carboxylic acids is 1. The average molecular weight is 339 g/mol. The molecule has 4 rings (SSSR count). The van der Waals surface area contributed by atoms with Crippen molar-refractivity contribution in [3.63, 3.8) is 0 Å². The lowest BCUT2D eigenvalue weighted by atomic mass is 10.1. The highest BCUT2D eigenvalue weighted by atomic mass is 19.1. The summed E-state index contributed by atoms with van der Waals surface area (Å²) < 4.78 is 14.0. The maximum Gasteiger partial charge on any atom is 0.227 e. The number of nitrogens with one attached hydrogen (secondary N) is 1. The van der Waals surface area contributed by atoms with Crippen molar-refractivity contribution in [2.75, 3.05) is 31.1 Å². The van der Waals surface area contributed by atoms with Gasteiger partial charge < -0.3 is 14.8 Å². The Morgan fingerprint density at radius 2 is 1.88 bits per heavy atom. The van der Waals surface area contributed by atoms with Gasteiger partial charge in [0.05, 0.1) is 6.42 Å². The molecule has 1 N–H and O–H groups in total. The van der Waals surface area contributed by atoms with E-state index in [1.54, 1.807) is 30.7 Å². The van der Waals surface area contributed by atoms with Gasteiger partial charge in [-0.2, -0.15) is 0 Å². The van der Waals surface area contributed by atoms with Gasteiger partial charge in [-0.1, -0.05) is 6.07 Å². The van der Waals surface area contributed by atoms with Gasteiger partial charge in [-0.25, -0.2) is 14.4 Å². The highest BCUT2D eigenvalue weighted by Crippen LogP contribution is 2.22. The van der Waals surface area contributed by atoms with Crippen LogP contribution < -0.4 is 4.90 Å². The van der Waals surface area contributed by atoms with E-state index in [-0.39, 0.29) is 18.1 Å². The van der Waals surface area contributed by atoms with Gasteiger partial charge in [0.25, 0.3) is 0 Å². The van der Waals surface area contributed by atoms with Gasteiger partial charge in [0.1, 0.15) is 5.82 Å². The normalized spacial score (nSPS) is 14.9. The largest absolute Gasteiger partial charge is 0.361 e. The molecule has 1 fully saturated rings. The molecule has 0 saturated carbocycles. The molecule has 0 unspecified atom stereocenters.